The fourth-order valence-corrected chi connectivity index (χ4v) is 3.01. The molecule has 1 amide bonds. The molecule has 0 radical (unpaired) electrons. The highest BCUT2D eigenvalue weighted by Gasteiger charge is 2.17. The average molecular weight is 346 g/mol. The number of aryl methyl sites for hydroxylation is 2. The average Bonchev–Trinajstić information content (AvgIpc) is 3.19. The van der Waals surface area contributed by atoms with Crippen LogP contribution in [0.25, 0.3) is 17.0 Å². The first kappa shape index (κ1) is 16.0. The largest absolute Gasteiger partial charge is 0.345 e. The molecule has 0 atom stereocenters. The molecule has 7 nitrogen and oxygen atoms in total. The van der Waals surface area contributed by atoms with Gasteiger partial charge in [-0.2, -0.15) is 5.10 Å². The Kier molecular flexibility index (Phi) is 3.96. The highest BCUT2D eigenvalue weighted by molar-refractivity contribution is 5.94. The maximum atomic E-state index is 12.7. The van der Waals surface area contributed by atoms with Crippen LogP contribution in [0, 0.1) is 6.92 Å². The van der Waals surface area contributed by atoms with E-state index in [0.29, 0.717) is 17.9 Å². The molecule has 1 N–H and O–H groups in total. The number of fused-ring (bicyclic) bond motifs is 1. The molecule has 0 saturated carbocycles. The SMILES string of the molecule is Cc1nc2ccccn2c1C(=O)NCc1cc(-c2ccccn2)n(C)n1. The Morgan fingerprint density at radius 2 is 2.04 bits per heavy atom. The molecule has 4 aromatic rings. The molecule has 0 bridgehead atoms. The number of amides is 1. The van der Waals surface area contributed by atoms with Crippen LogP contribution >= 0.6 is 0 Å². The molecule has 7 heteroatoms. The maximum absolute atomic E-state index is 12.7. The van der Waals surface area contributed by atoms with E-state index < -0.39 is 0 Å². The summed E-state index contributed by atoms with van der Waals surface area (Å²) in [6, 6.07) is 13.3. The van der Waals surface area contributed by atoms with Gasteiger partial charge in [-0.1, -0.05) is 12.1 Å². The molecule has 130 valence electrons. The summed E-state index contributed by atoms with van der Waals surface area (Å²) < 4.78 is 3.56. The molecule has 4 aromatic heterocycles. The summed E-state index contributed by atoms with van der Waals surface area (Å²) in [5, 5.41) is 7.39. The van der Waals surface area contributed by atoms with Crippen molar-refractivity contribution in [3.8, 4) is 11.4 Å². The Balaban J connectivity index is 1.54. The highest BCUT2D eigenvalue weighted by atomic mass is 16.1. The highest BCUT2D eigenvalue weighted by Crippen LogP contribution is 2.17. The fourth-order valence-electron chi connectivity index (χ4n) is 3.01. The van der Waals surface area contributed by atoms with E-state index in [1.807, 2.05) is 62.6 Å². The van der Waals surface area contributed by atoms with Crippen LogP contribution in [-0.2, 0) is 13.6 Å². The van der Waals surface area contributed by atoms with Crippen LogP contribution in [0.3, 0.4) is 0 Å². The summed E-state index contributed by atoms with van der Waals surface area (Å²) in [4.78, 5) is 21.4. The van der Waals surface area contributed by atoms with Crippen molar-refractivity contribution >= 4 is 11.6 Å². The minimum Gasteiger partial charge on any atom is -0.345 e. The molecule has 0 aliphatic rings. The van der Waals surface area contributed by atoms with Gasteiger partial charge in [0.15, 0.2) is 0 Å². The van der Waals surface area contributed by atoms with Gasteiger partial charge in [0.1, 0.15) is 11.3 Å². The lowest BCUT2D eigenvalue weighted by molar-refractivity contribution is 0.0944. The normalized spacial score (nSPS) is 11.0. The predicted octanol–water partition coefficient (Wildman–Crippen LogP) is 2.37. The van der Waals surface area contributed by atoms with Crippen LogP contribution in [0.4, 0.5) is 0 Å². The predicted molar refractivity (Wildman–Crippen MR) is 97.5 cm³/mol. The molecule has 0 saturated heterocycles. The summed E-state index contributed by atoms with van der Waals surface area (Å²) in [6.07, 6.45) is 3.58. The van der Waals surface area contributed by atoms with Crippen LogP contribution in [0.1, 0.15) is 21.9 Å². The van der Waals surface area contributed by atoms with Crippen molar-refractivity contribution in [3.05, 3.63) is 71.9 Å². The standard InChI is InChI=1S/C19H18N6O/c1-13-18(25-10-6-4-8-17(25)22-13)19(26)21-12-14-11-16(24(2)23-14)15-7-3-5-9-20-15/h3-11H,12H2,1-2H3,(H,21,26). The van der Waals surface area contributed by atoms with Crippen LogP contribution in [0.5, 0.6) is 0 Å². The van der Waals surface area contributed by atoms with Gasteiger partial charge in [0.2, 0.25) is 0 Å². The Labute approximate surface area is 150 Å². The van der Waals surface area contributed by atoms with E-state index in [-0.39, 0.29) is 5.91 Å². The smallest absolute Gasteiger partial charge is 0.270 e. The lowest BCUT2D eigenvalue weighted by Gasteiger charge is -2.04. The first-order chi connectivity index (χ1) is 12.6. The van der Waals surface area contributed by atoms with E-state index >= 15 is 0 Å². The van der Waals surface area contributed by atoms with Gasteiger partial charge in [0, 0.05) is 19.4 Å². The van der Waals surface area contributed by atoms with Crippen LogP contribution in [-0.4, -0.2) is 30.1 Å². The number of aromatic nitrogens is 5. The Morgan fingerprint density at radius 3 is 2.85 bits per heavy atom. The van der Waals surface area contributed by atoms with Crippen molar-refractivity contribution in [1.82, 2.24) is 29.5 Å². The number of imidazole rings is 1. The van der Waals surface area contributed by atoms with E-state index in [1.165, 1.54) is 0 Å². The van der Waals surface area contributed by atoms with E-state index in [0.717, 1.165) is 22.7 Å². The monoisotopic (exact) mass is 346 g/mol. The molecule has 0 aliphatic carbocycles. The molecule has 0 spiro atoms. The molecular formula is C19H18N6O. The van der Waals surface area contributed by atoms with Gasteiger partial charge in [0.25, 0.3) is 5.91 Å². The molecule has 26 heavy (non-hydrogen) atoms. The minimum atomic E-state index is -0.175. The van der Waals surface area contributed by atoms with E-state index in [4.69, 9.17) is 0 Å². The van der Waals surface area contributed by atoms with Gasteiger partial charge in [0.05, 0.1) is 29.3 Å². The van der Waals surface area contributed by atoms with Gasteiger partial charge < -0.3 is 5.32 Å². The zero-order chi connectivity index (χ0) is 18.1. The second-order valence-corrected chi connectivity index (χ2v) is 6.02. The van der Waals surface area contributed by atoms with E-state index in [2.05, 4.69) is 20.4 Å². The number of hydrogen-bond acceptors (Lipinski definition) is 4. The molecular weight excluding hydrogens is 328 g/mol. The first-order valence-corrected chi connectivity index (χ1v) is 8.29. The van der Waals surface area contributed by atoms with Gasteiger partial charge in [-0.05, 0) is 37.3 Å². The molecule has 0 aliphatic heterocycles. The summed E-state index contributed by atoms with van der Waals surface area (Å²) >= 11 is 0. The summed E-state index contributed by atoms with van der Waals surface area (Å²) in [7, 11) is 1.87. The number of carbonyl (C=O) groups excluding carboxylic acids is 1. The summed E-state index contributed by atoms with van der Waals surface area (Å²) in [6.45, 7) is 2.17. The summed E-state index contributed by atoms with van der Waals surface area (Å²) in [5.41, 5.74) is 4.52. The third-order valence-electron chi connectivity index (χ3n) is 4.21. The molecule has 0 aromatic carbocycles. The second-order valence-electron chi connectivity index (χ2n) is 6.02. The zero-order valence-corrected chi connectivity index (χ0v) is 14.5. The van der Waals surface area contributed by atoms with Crippen LogP contribution in [0.15, 0.2) is 54.9 Å². The number of rotatable bonds is 4. The fraction of sp³-hybridized carbons (Fsp3) is 0.158. The van der Waals surface area contributed by atoms with Crippen molar-refractivity contribution in [2.24, 2.45) is 7.05 Å². The van der Waals surface area contributed by atoms with Gasteiger partial charge in [-0.15, -0.1) is 0 Å². The number of nitrogens with zero attached hydrogens (tertiary/aromatic N) is 5. The molecule has 0 fully saturated rings. The number of hydrogen-bond donors (Lipinski definition) is 1. The second kappa shape index (κ2) is 6.44. The quantitative estimate of drug-likeness (QED) is 0.615. The van der Waals surface area contributed by atoms with Crippen molar-refractivity contribution in [2.75, 3.05) is 0 Å². The van der Waals surface area contributed by atoms with Gasteiger partial charge >= 0.3 is 0 Å². The Morgan fingerprint density at radius 1 is 1.19 bits per heavy atom. The number of carbonyl (C=O) groups is 1. The lowest BCUT2D eigenvalue weighted by atomic mass is 10.2. The molecule has 0 unspecified atom stereocenters. The lowest BCUT2D eigenvalue weighted by Crippen LogP contribution is -2.25. The van der Waals surface area contributed by atoms with E-state index in [9.17, 15) is 4.79 Å². The van der Waals surface area contributed by atoms with Crippen molar-refractivity contribution in [1.29, 1.82) is 0 Å². The summed E-state index contributed by atoms with van der Waals surface area (Å²) in [5.74, 6) is -0.175. The topological polar surface area (TPSA) is 77.1 Å². The van der Waals surface area contributed by atoms with Gasteiger partial charge in [-0.3, -0.25) is 18.9 Å². The molecule has 4 heterocycles. The van der Waals surface area contributed by atoms with Crippen molar-refractivity contribution in [3.63, 3.8) is 0 Å². The van der Waals surface area contributed by atoms with Crippen molar-refractivity contribution < 1.29 is 4.79 Å². The minimum absolute atomic E-state index is 0.175. The van der Waals surface area contributed by atoms with Crippen LogP contribution in [0.2, 0.25) is 0 Å². The molecule has 4 rings (SSSR count). The number of pyridine rings is 2. The third-order valence-corrected chi connectivity index (χ3v) is 4.21. The Hall–Kier alpha value is -3.48. The van der Waals surface area contributed by atoms with Crippen LogP contribution < -0.4 is 5.32 Å². The maximum Gasteiger partial charge on any atom is 0.270 e. The first-order valence-electron chi connectivity index (χ1n) is 8.29. The van der Waals surface area contributed by atoms with E-state index in [1.54, 1.807) is 15.3 Å². The van der Waals surface area contributed by atoms with Crippen molar-refractivity contribution in [2.45, 2.75) is 13.5 Å². The van der Waals surface area contributed by atoms with Gasteiger partial charge in [-0.25, -0.2) is 4.98 Å². The zero-order valence-electron chi connectivity index (χ0n) is 14.5. The third kappa shape index (κ3) is 2.83. The number of nitrogens with one attached hydrogen (secondary N) is 1. The Bertz CT molecular complexity index is 1080.